The van der Waals surface area contributed by atoms with Gasteiger partial charge in [0.2, 0.25) is 5.88 Å². The summed E-state index contributed by atoms with van der Waals surface area (Å²) in [6.45, 7) is 3.94. The van der Waals surface area contributed by atoms with Gasteiger partial charge in [0.1, 0.15) is 5.75 Å². The van der Waals surface area contributed by atoms with Gasteiger partial charge in [0.25, 0.3) is 0 Å². The fourth-order valence-electron chi connectivity index (χ4n) is 3.21. The predicted molar refractivity (Wildman–Crippen MR) is 111 cm³/mol. The highest BCUT2D eigenvalue weighted by Crippen LogP contribution is 2.21. The quantitative estimate of drug-likeness (QED) is 0.722. The van der Waals surface area contributed by atoms with Crippen molar-refractivity contribution < 1.29 is 9.53 Å². The molecule has 0 aliphatic carbocycles. The number of nitrogens with one attached hydrogen (secondary N) is 1. The van der Waals surface area contributed by atoms with Crippen LogP contribution in [0.3, 0.4) is 0 Å². The molecule has 0 bridgehead atoms. The molecule has 1 aromatic carbocycles. The van der Waals surface area contributed by atoms with E-state index in [1.807, 2.05) is 59.8 Å². The summed E-state index contributed by atoms with van der Waals surface area (Å²) in [6, 6.07) is 16.9. The Morgan fingerprint density at radius 2 is 1.72 bits per heavy atom. The molecule has 29 heavy (non-hydrogen) atoms. The Morgan fingerprint density at radius 1 is 0.966 bits per heavy atom. The maximum atomic E-state index is 12.6. The van der Waals surface area contributed by atoms with Crippen molar-refractivity contribution >= 4 is 11.7 Å². The van der Waals surface area contributed by atoms with E-state index in [-0.39, 0.29) is 6.03 Å². The monoisotopic (exact) mass is 389 g/mol. The van der Waals surface area contributed by atoms with E-state index >= 15 is 0 Å². The zero-order chi connectivity index (χ0) is 19.9. The number of benzene rings is 1. The second-order valence-corrected chi connectivity index (χ2v) is 6.85. The number of amides is 2. The predicted octanol–water partition coefficient (Wildman–Crippen LogP) is 3.62. The van der Waals surface area contributed by atoms with Crippen LogP contribution in [0.1, 0.15) is 5.56 Å². The molecule has 1 aliphatic heterocycles. The summed E-state index contributed by atoms with van der Waals surface area (Å²) in [7, 11) is 0. The molecule has 2 amide bonds. The number of nitrogens with zero attached hydrogens (tertiary/aromatic N) is 4. The van der Waals surface area contributed by atoms with Crippen LogP contribution in [0, 0.1) is 0 Å². The van der Waals surface area contributed by atoms with E-state index in [1.165, 1.54) is 5.56 Å². The van der Waals surface area contributed by atoms with E-state index in [0.717, 1.165) is 19.6 Å². The number of hydrogen-bond acceptors (Lipinski definition) is 5. The minimum atomic E-state index is -0.106. The standard InChI is InChI=1S/C22H23N5O2/c28-22(27-14-12-26(13-15-27)17-18-6-9-23-10-7-18)25-19-8-11-24-21(16-19)29-20-4-2-1-3-5-20/h1-11,16H,12-15,17H2,(H,24,25,28). The molecule has 3 heterocycles. The van der Waals surface area contributed by atoms with Gasteiger partial charge in [0, 0.05) is 63.1 Å². The third kappa shape index (κ3) is 5.30. The first-order valence-electron chi connectivity index (χ1n) is 9.62. The molecule has 0 atom stereocenters. The molecule has 148 valence electrons. The SMILES string of the molecule is O=C(Nc1ccnc(Oc2ccccc2)c1)N1CCN(Cc2ccncc2)CC1. The lowest BCUT2D eigenvalue weighted by Crippen LogP contribution is -2.49. The van der Waals surface area contributed by atoms with E-state index in [0.29, 0.717) is 30.4 Å². The minimum absolute atomic E-state index is 0.106. The number of urea groups is 1. The third-order valence-electron chi connectivity index (χ3n) is 4.77. The second kappa shape index (κ2) is 9.16. The molecule has 4 rings (SSSR count). The normalized spacial score (nSPS) is 14.4. The molecule has 1 N–H and O–H groups in total. The van der Waals surface area contributed by atoms with Gasteiger partial charge in [-0.2, -0.15) is 0 Å². The summed E-state index contributed by atoms with van der Waals surface area (Å²) in [5.74, 6) is 1.14. The van der Waals surface area contributed by atoms with Crippen LogP contribution < -0.4 is 10.1 Å². The molecule has 0 unspecified atom stereocenters. The summed E-state index contributed by atoms with van der Waals surface area (Å²) >= 11 is 0. The number of aromatic nitrogens is 2. The number of para-hydroxylation sites is 1. The van der Waals surface area contributed by atoms with Crippen molar-refractivity contribution in [3.8, 4) is 11.6 Å². The lowest BCUT2D eigenvalue weighted by Gasteiger charge is -2.34. The first-order chi connectivity index (χ1) is 14.3. The highest BCUT2D eigenvalue weighted by atomic mass is 16.5. The number of pyridine rings is 2. The van der Waals surface area contributed by atoms with Gasteiger partial charge in [-0.3, -0.25) is 9.88 Å². The highest BCUT2D eigenvalue weighted by molar-refractivity contribution is 5.89. The molecule has 0 radical (unpaired) electrons. The van der Waals surface area contributed by atoms with E-state index in [2.05, 4.69) is 20.2 Å². The van der Waals surface area contributed by atoms with E-state index in [4.69, 9.17) is 4.74 Å². The van der Waals surface area contributed by atoms with Gasteiger partial charge < -0.3 is 15.0 Å². The molecule has 1 fully saturated rings. The van der Waals surface area contributed by atoms with Crippen molar-refractivity contribution in [3.05, 3.63) is 78.8 Å². The van der Waals surface area contributed by atoms with Gasteiger partial charge >= 0.3 is 6.03 Å². The summed E-state index contributed by atoms with van der Waals surface area (Å²) < 4.78 is 5.73. The molecule has 1 saturated heterocycles. The first-order valence-corrected chi connectivity index (χ1v) is 9.62. The van der Waals surface area contributed by atoms with Crippen molar-refractivity contribution in [1.82, 2.24) is 19.8 Å². The molecular weight excluding hydrogens is 366 g/mol. The van der Waals surface area contributed by atoms with Crippen molar-refractivity contribution in [2.24, 2.45) is 0 Å². The van der Waals surface area contributed by atoms with Crippen LogP contribution >= 0.6 is 0 Å². The summed E-state index contributed by atoms with van der Waals surface area (Å²) in [5.41, 5.74) is 1.90. The van der Waals surface area contributed by atoms with Crippen molar-refractivity contribution in [2.75, 3.05) is 31.5 Å². The molecule has 0 spiro atoms. The van der Waals surface area contributed by atoms with Gasteiger partial charge in [0.05, 0.1) is 0 Å². The number of carbonyl (C=O) groups is 1. The minimum Gasteiger partial charge on any atom is -0.439 e. The maximum absolute atomic E-state index is 12.6. The number of piperazine rings is 1. The Bertz CT molecular complexity index is 928. The summed E-state index contributed by atoms with van der Waals surface area (Å²) in [5, 5.41) is 2.94. The summed E-state index contributed by atoms with van der Waals surface area (Å²) in [4.78, 5) is 25.1. The van der Waals surface area contributed by atoms with E-state index in [9.17, 15) is 4.79 Å². The smallest absolute Gasteiger partial charge is 0.321 e. The molecule has 2 aromatic heterocycles. The lowest BCUT2D eigenvalue weighted by atomic mass is 10.2. The Morgan fingerprint density at radius 3 is 2.48 bits per heavy atom. The third-order valence-corrected chi connectivity index (χ3v) is 4.77. The molecule has 1 aliphatic rings. The van der Waals surface area contributed by atoms with Gasteiger partial charge in [0.15, 0.2) is 0 Å². The summed E-state index contributed by atoms with van der Waals surface area (Å²) in [6.07, 6.45) is 5.24. The van der Waals surface area contributed by atoms with Crippen LogP contribution in [-0.2, 0) is 6.54 Å². The number of hydrogen-bond donors (Lipinski definition) is 1. The van der Waals surface area contributed by atoms with E-state index in [1.54, 1.807) is 18.3 Å². The maximum Gasteiger partial charge on any atom is 0.321 e. The van der Waals surface area contributed by atoms with Crippen molar-refractivity contribution in [3.63, 3.8) is 0 Å². The highest BCUT2D eigenvalue weighted by Gasteiger charge is 2.21. The van der Waals surface area contributed by atoms with E-state index < -0.39 is 0 Å². The molecule has 0 saturated carbocycles. The van der Waals surface area contributed by atoms with Crippen LogP contribution in [0.15, 0.2) is 73.2 Å². The Balaban J connectivity index is 1.29. The van der Waals surface area contributed by atoms with Gasteiger partial charge in [-0.15, -0.1) is 0 Å². The molecule has 7 nitrogen and oxygen atoms in total. The Labute approximate surface area is 170 Å². The molecule has 7 heteroatoms. The number of anilines is 1. The largest absolute Gasteiger partial charge is 0.439 e. The van der Waals surface area contributed by atoms with Crippen LogP contribution in [0.25, 0.3) is 0 Å². The van der Waals surface area contributed by atoms with Crippen LogP contribution in [0.4, 0.5) is 10.5 Å². The average Bonchev–Trinajstić information content (AvgIpc) is 2.76. The van der Waals surface area contributed by atoms with Crippen molar-refractivity contribution in [2.45, 2.75) is 6.54 Å². The van der Waals surface area contributed by atoms with Gasteiger partial charge in [-0.25, -0.2) is 9.78 Å². The fourth-order valence-corrected chi connectivity index (χ4v) is 3.21. The topological polar surface area (TPSA) is 70.6 Å². The Kier molecular flexibility index (Phi) is 5.97. The lowest BCUT2D eigenvalue weighted by molar-refractivity contribution is 0.143. The molecule has 3 aromatic rings. The fraction of sp³-hybridized carbons (Fsp3) is 0.227. The zero-order valence-electron chi connectivity index (χ0n) is 16.1. The van der Waals surface area contributed by atoms with Crippen LogP contribution in [-0.4, -0.2) is 52.0 Å². The van der Waals surface area contributed by atoms with Crippen LogP contribution in [0.2, 0.25) is 0 Å². The van der Waals surface area contributed by atoms with Crippen molar-refractivity contribution in [1.29, 1.82) is 0 Å². The Hall–Kier alpha value is -3.45. The second-order valence-electron chi connectivity index (χ2n) is 6.85. The first kappa shape index (κ1) is 18.9. The van der Waals surface area contributed by atoms with Crippen LogP contribution in [0.5, 0.6) is 11.6 Å². The molecular formula is C22H23N5O2. The van der Waals surface area contributed by atoms with Gasteiger partial charge in [-0.05, 0) is 35.9 Å². The number of rotatable bonds is 5. The number of carbonyl (C=O) groups excluding carboxylic acids is 1. The number of ether oxygens (including phenoxy) is 1. The van der Waals surface area contributed by atoms with Gasteiger partial charge in [-0.1, -0.05) is 18.2 Å². The zero-order valence-corrected chi connectivity index (χ0v) is 16.1. The average molecular weight is 389 g/mol.